The number of hydrogen-bond donors (Lipinski definition) is 2. The number of benzene rings is 2. The molecule has 0 radical (unpaired) electrons. The highest BCUT2D eigenvalue weighted by Crippen LogP contribution is 2.32. The third-order valence-electron chi connectivity index (χ3n) is 4.98. The summed E-state index contributed by atoms with van der Waals surface area (Å²) in [5.74, 6) is -0.144. The van der Waals surface area contributed by atoms with Gasteiger partial charge in [0.15, 0.2) is 0 Å². The van der Waals surface area contributed by atoms with Crippen LogP contribution in [0.15, 0.2) is 42.5 Å². The summed E-state index contributed by atoms with van der Waals surface area (Å²) in [6, 6.07) is 12.3. The zero-order valence-corrected chi connectivity index (χ0v) is 18.8. The SMILES string of the molecule is CC(C)c1cccc(C(C)C)c1NC(=O)C(NC(=O)c1ccccc1Cl)C(C)C. The van der Waals surface area contributed by atoms with Crippen LogP contribution in [0.1, 0.15) is 74.9 Å². The van der Waals surface area contributed by atoms with Gasteiger partial charge in [-0.05, 0) is 41.0 Å². The number of halogens is 1. The monoisotopic (exact) mass is 414 g/mol. The molecule has 0 spiro atoms. The van der Waals surface area contributed by atoms with Gasteiger partial charge in [0.1, 0.15) is 6.04 Å². The lowest BCUT2D eigenvalue weighted by atomic mass is 9.92. The molecule has 0 aliphatic carbocycles. The zero-order valence-electron chi connectivity index (χ0n) is 18.0. The Kier molecular flexibility index (Phi) is 7.86. The molecule has 0 aromatic heterocycles. The number of para-hydroxylation sites is 1. The van der Waals surface area contributed by atoms with Gasteiger partial charge in [-0.15, -0.1) is 0 Å². The fourth-order valence-electron chi connectivity index (χ4n) is 3.30. The van der Waals surface area contributed by atoms with E-state index in [4.69, 9.17) is 11.6 Å². The van der Waals surface area contributed by atoms with E-state index in [0.29, 0.717) is 10.6 Å². The number of amides is 2. The average molecular weight is 415 g/mol. The van der Waals surface area contributed by atoms with E-state index in [0.717, 1.165) is 16.8 Å². The molecule has 0 fully saturated rings. The predicted octanol–water partition coefficient (Wildman–Crippen LogP) is 5.98. The molecule has 0 saturated carbocycles. The molecule has 5 heteroatoms. The maximum Gasteiger partial charge on any atom is 0.253 e. The van der Waals surface area contributed by atoms with E-state index in [1.807, 2.05) is 32.0 Å². The molecule has 0 aliphatic heterocycles. The molecule has 0 heterocycles. The maximum absolute atomic E-state index is 13.2. The molecule has 4 nitrogen and oxygen atoms in total. The molecule has 1 unspecified atom stereocenters. The number of hydrogen-bond acceptors (Lipinski definition) is 2. The molecule has 2 amide bonds. The van der Waals surface area contributed by atoms with Crippen LogP contribution in [0.4, 0.5) is 5.69 Å². The molecule has 29 heavy (non-hydrogen) atoms. The highest BCUT2D eigenvalue weighted by molar-refractivity contribution is 6.33. The van der Waals surface area contributed by atoms with Crippen LogP contribution in [-0.4, -0.2) is 17.9 Å². The van der Waals surface area contributed by atoms with Crippen LogP contribution in [-0.2, 0) is 4.79 Å². The van der Waals surface area contributed by atoms with Crippen molar-refractivity contribution in [2.75, 3.05) is 5.32 Å². The minimum Gasteiger partial charge on any atom is -0.340 e. The molecule has 0 bridgehead atoms. The van der Waals surface area contributed by atoms with Gasteiger partial charge in [-0.1, -0.05) is 83.5 Å². The summed E-state index contributed by atoms with van der Waals surface area (Å²) in [5.41, 5.74) is 3.38. The van der Waals surface area contributed by atoms with E-state index >= 15 is 0 Å². The number of rotatable bonds is 7. The minimum absolute atomic E-state index is 0.0878. The molecule has 2 aromatic carbocycles. The first-order chi connectivity index (χ1) is 13.6. The highest BCUT2D eigenvalue weighted by Gasteiger charge is 2.27. The van der Waals surface area contributed by atoms with Crippen LogP contribution in [0.3, 0.4) is 0 Å². The fraction of sp³-hybridized carbons (Fsp3) is 0.417. The van der Waals surface area contributed by atoms with E-state index in [-0.39, 0.29) is 29.6 Å². The number of carbonyl (C=O) groups is 2. The topological polar surface area (TPSA) is 58.2 Å². The van der Waals surface area contributed by atoms with E-state index < -0.39 is 6.04 Å². The fourth-order valence-corrected chi connectivity index (χ4v) is 3.52. The standard InChI is InChI=1S/C24H31ClN2O2/c1-14(2)17-11-9-12-18(15(3)4)22(17)27-24(29)21(16(5)6)26-23(28)19-10-7-8-13-20(19)25/h7-16,21H,1-6H3,(H,26,28)(H,27,29). The maximum atomic E-state index is 13.2. The Labute approximate surface area is 179 Å². The van der Waals surface area contributed by atoms with Crippen molar-refractivity contribution in [2.45, 2.75) is 59.4 Å². The van der Waals surface area contributed by atoms with Crippen molar-refractivity contribution >= 4 is 29.1 Å². The Morgan fingerprint density at radius 2 is 1.38 bits per heavy atom. The lowest BCUT2D eigenvalue weighted by molar-refractivity contribution is -0.118. The van der Waals surface area contributed by atoms with Crippen LogP contribution < -0.4 is 10.6 Å². The normalized spacial score (nSPS) is 12.3. The molecule has 2 aromatic rings. The summed E-state index contributed by atoms with van der Waals surface area (Å²) < 4.78 is 0. The van der Waals surface area contributed by atoms with E-state index in [1.165, 1.54) is 0 Å². The van der Waals surface area contributed by atoms with Gasteiger partial charge in [0.2, 0.25) is 5.91 Å². The van der Waals surface area contributed by atoms with E-state index in [2.05, 4.69) is 38.3 Å². The smallest absolute Gasteiger partial charge is 0.253 e. The first-order valence-corrected chi connectivity index (χ1v) is 10.5. The second-order valence-electron chi connectivity index (χ2n) is 8.29. The highest BCUT2D eigenvalue weighted by atomic mass is 35.5. The van der Waals surface area contributed by atoms with Crippen molar-refractivity contribution in [2.24, 2.45) is 5.92 Å². The third-order valence-corrected chi connectivity index (χ3v) is 5.30. The van der Waals surface area contributed by atoms with Crippen molar-refractivity contribution in [3.63, 3.8) is 0 Å². The molecule has 156 valence electrons. The Bertz CT molecular complexity index is 849. The Morgan fingerprint density at radius 1 is 0.828 bits per heavy atom. The van der Waals surface area contributed by atoms with Crippen LogP contribution in [0.2, 0.25) is 5.02 Å². The summed E-state index contributed by atoms with van der Waals surface area (Å²) in [5, 5.41) is 6.32. The summed E-state index contributed by atoms with van der Waals surface area (Å²) in [4.78, 5) is 25.9. The molecular formula is C24H31ClN2O2. The lowest BCUT2D eigenvalue weighted by Crippen LogP contribution is -2.47. The van der Waals surface area contributed by atoms with Crippen LogP contribution in [0.5, 0.6) is 0 Å². The van der Waals surface area contributed by atoms with Crippen LogP contribution in [0.25, 0.3) is 0 Å². The molecule has 0 aliphatic rings. The Balaban J connectivity index is 2.32. The second-order valence-corrected chi connectivity index (χ2v) is 8.69. The zero-order chi connectivity index (χ0) is 21.7. The molecular weight excluding hydrogens is 384 g/mol. The first kappa shape index (κ1) is 23.0. The quantitative estimate of drug-likeness (QED) is 0.585. The van der Waals surface area contributed by atoms with Crippen molar-refractivity contribution in [3.8, 4) is 0 Å². The van der Waals surface area contributed by atoms with Gasteiger partial charge in [-0.25, -0.2) is 0 Å². The number of nitrogens with one attached hydrogen (secondary N) is 2. The van der Waals surface area contributed by atoms with E-state index in [9.17, 15) is 9.59 Å². The lowest BCUT2D eigenvalue weighted by Gasteiger charge is -2.25. The van der Waals surface area contributed by atoms with Gasteiger partial charge in [-0.3, -0.25) is 9.59 Å². The van der Waals surface area contributed by atoms with Gasteiger partial charge in [0.25, 0.3) is 5.91 Å². The average Bonchev–Trinajstić information content (AvgIpc) is 2.65. The predicted molar refractivity (Wildman–Crippen MR) is 121 cm³/mol. The summed E-state index contributed by atoms with van der Waals surface area (Å²) in [6.45, 7) is 12.2. The first-order valence-electron chi connectivity index (χ1n) is 10.1. The molecule has 2 rings (SSSR count). The van der Waals surface area contributed by atoms with Crippen molar-refractivity contribution in [3.05, 3.63) is 64.2 Å². The van der Waals surface area contributed by atoms with Crippen molar-refractivity contribution in [1.82, 2.24) is 5.32 Å². The van der Waals surface area contributed by atoms with Crippen LogP contribution in [0, 0.1) is 5.92 Å². The van der Waals surface area contributed by atoms with Crippen molar-refractivity contribution < 1.29 is 9.59 Å². The molecule has 1 atom stereocenters. The van der Waals surface area contributed by atoms with Gasteiger partial charge < -0.3 is 10.6 Å². The summed E-state index contributed by atoms with van der Waals surface area (Å²) >= 11 is 6.14. The largest absolute Gasteiger partial charge is 0.340 e. The second kappa shape index (κ2) is 9.93. The Morgan fingerprint density at radius 3 is 1.86 bits per heavy atom. The summed E-state index contributed by atoms with van der Waals surface area (Å²) in [6.07, 6.45) is 0. The van der Waals surface area contributed by atoms with Crippen molar-refractivity contribution in [1.29, 1.82) is 0 Å². The van der Waals surface area contributed by atoms with Gasteiger partial charge >= 0.3 is 0 Å². The molecule has 0 saturated heterocycles. The Hall–Kier alpha value is -2.33. The van der Waals surface area contributed by atoms with Gasteiger partial charge in [0.05, 0.1) is 10.6 Å². The minimum atomic E-state index is -0.681. The van der Waals surface area contributed by atoms with E-state index in [1.54, 1.807) is 24.3 Å². The van der Waals surface area contributed by atoms with Gasteiger partial charge in [0, 0.05) is 5.69 Å². The summed E-state index contributed by atoms with van der Waals surface area (Å²) in [7, 11) is 0. The third kappa shape index (κ3) is 5.60. The number of carbonyl (C=O) groups excluding carboxylic acids is 2. The van der Waals surface area contributed by atoms with Crippen LogP contribution >= 0.6 is 11.6 Å². The number of anilines is 1. The molecule has 2 N–H and O–H groups in total. The van der Waals surface area contributed by atoms with Gasteiger partial charge in [-0.2, -0.15) is 0 Å².